The number of nitrogens with zero attached hydrogens (tertiary/aromatic N) is 1. The first-order valence-corrected chi connectivity index (χ1v) is 11.6. The van der Waals surface area contributed by atoms with Gasteiger partial charge in [-0.05, 0) is 54.4 Å². The van der Waals surface area contributed by atoms with Crippen LogP contribution in [-0.2, 0) is 27.1 Å². The molecule has 2 aromatic heterocycles. The van der Waals surface area contributed by atoms with E-state index in [2.05, 4.69) is 36.1 Å². The number of hydrogen-bond donors (Lipinski definition) is 2. The van der Waals surface area contributed by atoms with E-state index in [1.807, 2.05) is 0 Å². The van der Waals surface area contributed by atoms with E-state index in [0.717, 1.165) is 35.2 Å². The molecule has 174 valence electrons. The van der Waals surface area contributed by atoms with E-state index >= 15 is 0 Å². The minimum atomic E-state index is -0.617. The molecule has 9 heteroatoms. The van der Waals surface area contributed by atoms with Gasteiger partial charge >= 0.3 is 11.9 Å². The summed E-state index contributed by atoms with van der Waals surface area (Å²) in [4.78, 5) is 45.6. The zero-order valence-electron chi connectivity index (χ0n) is 19.1. The lowest BCUT2D eigenvalue weighted by atomic mass is 9.72. The fourth-order valence-electron chi connectivity index (χ4n) is 4.17. The zero-order valence-corrected chi connectivity index (χ0v) is 19.9. The summed E-state index contributed by atoms with van der Waals surface area (Å²) in [6.45, 7) is 6.20. The molecule has 8 nitrogen and oxygen atoms in total. The molecule has 2 N–H and O–H groups in total. The molecule has 3 aromatic rings. The minimum Gasteiger partial charge on any atom is -0.465 e. The zero-order chi connectivity index (χ0) is 23.8. The summed E-state index contributed by atoms with van der Waals surface area (Å²) < 4.78 is 10.2. The first-order valence-electron chi connectivity index (χ1n) is 10.8. The van der Waals surface area contributed by atoms with Crippen molar-refractivity contribution in [3.63, 3.8) is 0 Å². The van der Waals surface area contributed by atoms with E-state index in [1.54, 1.807) is 18.2 Å². The molecule has 0 aliphatic heterocycles. The number of esters is 2. The maximum atomic E-state index is 12.6. The smallest absolute Gasteiger partial charge is 0.341 e. The fraction of sp³-hybridized carbons (Fsp3) is 0.417. The van der Waals surface area contributed by atoms with E-state index in [9.17, 15) is 14.4 Å². The number of ether oxygens (including phenoxy) is 2. The number of aromatic nitrogens is 2. The third-order valence-corrected chi connectivity index (χ3v) is 7.29. The average Bonchev–Trinajstić information content (AvgIpc) is 3.39. The number of methoxy groups -OCH3 is 1. The van der Waals surface area contributed by atoms with Crippen LogP contribution in [-0.4, -0.2) is 41.5 Å². The van der Waals surface area contributed by atoms with Crippen LogP contribution in [0.5, 0.6) is 0 Å². The summed E-state index contributed by atoms with van der Waals surface area (Å²) in [5.41, 5.74) is 3.27. The van der Waals surface area contributed by atoms with Crippen molar-refractivity contribution in [2.45, 2.75) is 40.0 Å². The molecule has 1 unspecified atom stereocenters. The SMILES string of the molecule is COC(=O)c1c(NC(=O)COC(=O)c2ccc3nc[nH]c3c2)sc2c1CCC(C(C)(C)C)C2. The van der Waals surface area contributed by atoms with E-state index < -0.39 is 24.5 Å². The lowest BCUT2D eigenvalue weighted by Crippen LogP contribution is -2.26. The summed E-state index contributed by atoms with van der Waals surface area (Å²) in [6.07, 6.45) is 4.13. The maximum Gasteiger partial charge on any atom is 0.341 e. The topological polar surface area (TPSA) is 110 Å². The lowest BCUT2D eigenvalue weighted by molar-refractivity contribution is -0.119. The van der Waals surface area contributed by atoms with Crippen molar-refractivity contribution in [2.75, 3.05) is 19.0 Å². The number of imidazole rings is 1. The molecule has 1 amide bonds. The van der Waals surface area contributed by atoms with Crippen LogP contribution < -0.4 is 5.32 Å². The average molecular weight is 470 g/mol. The molecular weight excluding hydrogens is 442 g/mol. The number of thiophene rings is 1. The van der Waals surface area contributed by atoms with Gasteiger partial charge in [0.1, 0.15) is 5.00 Å². The highest BCUT2D eigenvalue weighted by molar-refractivity contribution is 7.17. The number of benzene rings is 1. The molecule has 2 heterocycles. The van der Waals surface area contributed by atoms with Gasteiger partial charge in [0, 0.05) is 4.88 Å². The monoisotopic (exact) mass is 469 g/mol. The van der Waals surface area contributed by atoms with E-state index in [4.69, 9.17) is 9.47 Å². The molecule has 1 aliphatic rings. The number of fused-ring (bicyclic) bond motifs is 2. The van der Waals surface area contributed by atoms with Gasteiger partial charge < -0.3 is 19.8 Å². The molecule has 0 bridgehead atoms. The second-order valence-electron chi connectivity index (χ2n) is 9.26. The number of hydrogen-bond acceptors (Lipinski definition) is 7. The molecule has 0 saturated heterocycles. The van der Waals surface area contributed by atoms with Gasteiger partial charge in [0.25, 0.3) is 5.91 Å². The number of carbonyl (C=O) groups is 3. The number of H-pyrrole nitrogens is 1. The molecule has 4 rings (SSSR count). The van der Waals surface area contributed by atoms with Gasteiger partial charge in [0.05, 0.1) is 35.6 Å². The lowest BCUT2D eigenvalue weighted by Gasteiger charge is -2.33. The second kappa shape index (κ2) is 8.97. The second-order valence-corrected chi connectivity index (χ2v) is 10.4. The predicted molar refractivity (Wildman–Crippen MR) is 126 cm³/mol. The van der Waals surface area contributed by atoms with Crippen molar-refractivity contribution in [1.82, 2.24) is 9.97 Å². The van der Waals surface area contributed by atoms with E-state index in [1.165, 1.54) is 24.8 Å². The molecule has 1 atom stereocenters. The van der Waals surface area contributed by atoms with Crippen LogP contribution in [0.2, 0.25) is 0 Å². The maximum absolute atomic E-state index is 12.6. The van der Waals surface area contributed by atoms with E-state index in [-0.39, 0.29) is 5.41 Å². The Morgan fingerprint density at radius 2 is 2.03 bits per heavy atom. The highest BCUT2D eigenvalue weighted by Crippen LogP contribution is 2.44. The quantitative estimate of drug-likeness (QED) is 0.537. The molecule has 0 fully saturated rings. The summed E-state index contributed by atoms with van der Waals surface area (Å²) in [5.74, 6) is -1.11. The summed E-state index contributed by atoms with van der Waals surface area (Å²) >= 11 is 1.40. The molecule has 0 saturated carbocycles. The van der Waals surface area contributed by atoms with Gasteiger partial charge in [0.2, 0.25) is 0 Å². The molecule has 0 radical (unpaired) electrons. The van der Waals surface area contributed by atoms with Crippen molar-refractivity contribution in [3.8, 4) is 0 Å². The van der Waals surface area contributed by atoms with Crippen LogP contribution in [0.3, 0.4) is 0 Å². The standard InChI is InChI=1S/C24H27N3O5S/c1-24(2,3)14-6-7-15-18(10-14)33-21(20(15)23(30)31-4)27-19(28)11-32-22(29)13-5-8-16-17(9-13)26-12-25-16/h5,8-9,12,14H,6-7,10-11H2,1-4H3,(H,25,26)(H,27,28). The van der Waals surface area contributed by atoms with Crippen LogP contribution in [0.25, 0.3) is 11.0 Å². The molecule has 0 spiro atoms. The number of rotatable bonds is 5. The number of aromatic amines is 1. The Bertz CT molecular complexity index is 1220. The number of amides is 1. The van der Waals surface area contributed by atoms with Crippen molar-refractivity contribution in [2.24, 2.45) is 11.3 Å². The van der Waals surface area contributed by atoms with Crippen LogP contribution in [0.4, 0.5) is 5.00 Å². The Kier molecular flexibility index (Phi) is 6.25. The fourth-order valence-corrected chi connectivity index (χ4v) is 5.50. The Morgan fingerprint density at radius 1 is 1.24 bits per heavy atom. The Hall–Kier alpha value is -3.20. The van der Waals surface area contributed by atoms with Crippen LogP contribution in [0.1, 0.15) is 58.3 Å². The molecular formula is C24H27N3O5S. The van der Waals surface area contributed by atoms with Gasteiger partial charge in [-0.25, -0.2) is 14.6 Å². The molecule has 1 aromatic carbocycles. The third-order valence-electron chi connectivity index (χ3n) is 6.12. The summed E-state index contributed by atoms with van der Waals surface area (Å²) in [7, 11) is 1.33. The number of anilines is 1. The molecule has 1 aliphatic carbocycles. The predicted octanol–water partition coefficient (Wildman–Crippen LogP) is 4.36. The highest BCUT2D eigenvalue weighted by atomic mass is 32.1. The molecule has 33 heavy (non-hydrogen) atoms. The van der Waals surface area contributed by atoms with Crippen LogP contribution >= 0.6 is 11.3 Å². The van der Waals surface area contributed by atoms with Gasteiger partial charge in [-0.1, -0.05) is 20.8 Å². The van der Waals surface area contributed by atoms with Crippen molar-refractivity contribution in [1.29, 1.82) is 0 Å². The van der Waals surface area contributed by atoms with Crippen LogP contribution in [0, 0.1) is 11.3 Å². The van der Waals surface area contributed by atoms with E-state index in [0.29, 0.717) is 27.6 Å². The number of carbonyl (C=O) groups excluding carboxylic acids is 3. The summed E-state index contributed by atoms with van der Waals surface area (Å²) in [6, 6.07) is 4.92. The third kappa shape index (κ3) is 4.78. The van der Waals surface area contributed by atoms with Gasteiger partial charge in [0.15, 0.2) is 6.61 Å². The number of nitrogens with one attached hydrogen (secondary N) is 2. The van der Waals surface area contributed by atoms with Crippen LogP contribution in [0.15, 0.2) is 24.5 Å². The normalized spacial score (nSPS) is 15.7. The van der Waals surface area contributed by atoms with Crippen molar-refractivity contribution < 1.29 is 23.9 Å². The minimum absolute atomic E-state index is 0.157. The summed E-state index contributed by atoms with van der Waals surface area (Å²) in [5, 5.41) is 3.20. The Morgan fingerprint density at radius 3 is 2.76 bits per heavy atom. The van der Waals surface area contributed by atoms with Gasteiger partial charge in [-0.15, -0.1) is 11.3 Å². The van der Waals surface area contributed by atoms with Crippen molar-refractivity contribution in [3.05, 3.63) is 46.1 Å². The largest absolute Gasteiger partial charge is 0.465 e. The first-order chi connectivity index (χ1) is 15.7. The van der Waals surface area contributed by atoms with Gasteiger partial charge in [-0.3, -0.25) is 4.79 Å². The first kappa shape index (κ1) is 23.0. The van der Waals surface area contributed by atoms with Gasteiger partial charge in [-0.2, -0.15) is 0 Å². The highest BCUT2D eigenvalue weighted by Gasteiger charge is 2.34. The van der Waals surface area contributed by atoms with Crippen molar-refractivity contribution >= 4 is 45.2 Å². The Balaban J connectivity index is 1.46. The Labute approximate surface area is 195 Å².